The zero-order valence-electron chi connectivity index (χ0n) is 22.7. The van der Waals surface area contributed by atoms with Crippen LogP contribution in [-0.4, -0.2) is 39.4 Å². The highest BCUT2D eigenvalue weighted by atomic mass is 16.5. The number of para-hydroxylation sites is 2. The molecule has 2 heterocycles. The molecule has 0 aromatic heterocycles. The maximum Gasteiger partial charge on any atom is 0.0717 e. The first-order valence-corrected chi connectivity index (χ1v) is 14.2. The van der Waals surface area contributed by atoms with Crippen LogP contribution in [0.25, 0.3) is 0 Å². The van der Waals surface area contributed by atoms with Gasteiger partial charge >= 0.3 is 0 Å². The third kappa shape index (κ3) is 6.19. The molecule has 2 aliphatic heterocycles. The predicted molar refractivity (Wildman–Crippen MR) is 159 cm³/mol. The van der Waals surface area contributed by atoms with Crippen molar-refractivity contribution in [1.29, 1.82) is 0 Å². The molecule has 0 aliphatic carbocycles. The Balaban J connectivity index is 1.15. The van der Waals surface area contributed by atoms with Gasteiger partial charge in [0.15, 0.2) is 0 Å². The van der Waals surface area contributed by atoms with Crippen LogP contribution in [0.3, 0.4) is 0 Å². The first-order chi connectivity index (χ1) is 19.3. The monoisotopic (exact) mass is 518 g/mol. The van der Waals surface area contributed by atoms with E-state index in [9.17, 15) is 0 Å². The van der Waals surface area contributed by atoms with Crippen LogP contribution in [0.5, 0.6) is 0 Å². The summed E-state index contributed by atoms with van der Waals surface area (Å²) in [7, 11) is 0. The van der Waals surface area contributed by atoms with Crippen LogP contribution < -0.4 is 9.80 Å². The third-order valence-corrected chi connectivity index (χ3v) is 8.08. The Bertz CT molecular complexity index is 1240. The largest absolute Gasteiger partial charge is 0.375 e. The van der Waals surface area contributed by atoms with E-state index in [0.717, 1.165) is 39.0 Å². The minimum Gasteiger partial charge on any atom is -0.375 e. The lowest BCUT2D eigenvalue weighted by Gasteiger charge is -2.50. The molecule has 200 valence electrons. The number of nitrogens with zero attached hydrogens (tertiary/aromatic N) is 2. The first-order valence-electron chi connectivity index (χ1n) is 14.2. The molecule has 0 atom stereocenters. The minimum atomic E-state index is 0.154. The van der Waals surface area contributed by atoms with Gasteiger partial charge in [-0.1, -0.05) is 97.1 Å². The van der Waals surface area contributed by atoms with E-state index in [1.165, 1.54) is 33.6 Å². The summed E-state index contributed by atoms with van der Waals surface area (Å²) in [6.07, 6.45) is 2.19. The van der Waals surface area contributed by atoms with Crippen molar-refractivity contribution in [2.24, 2.45) is 5.41 Å². The summed E-state index contributed by atoms with van der Waals surface area (Å²) < 4.78 is 12.2. The summed E-state index contributed by atoms with van der Waals surface area (Å²) in [6, 6.07) is 38.8. The SMILES string of the molecule is c1ccc(COCCN2CC3(Cc4ccccc42)Cc2ccccc2N(CCOCc2ccccc2)C3)cc1. The lowest BCUT2D eigenvalue weighted by Crippen LogP contribution is -2.54. The van der Waals surface area contributed by atoms with Crippen LogP contribution in [0.4, 0.5) is 11.4 Å². The van der Waals surface area contributed by atoms with Crippen molar-refractivity contribution in [1.82, 2.24) is 0 Å². The van der Waals surface area contributed by atoms with Crippen molar-refractivity contribution < 1.29 is 9.47 Å². The molecular weight excluding hydrogens is 480 g/mol. The molecule has 4 aromatic carbocycles. The number of benzene rings is 4. The summed E-state index contributed by atoms with van der Waals surface area (Å²) in [5.74, 6) is 0. The van der Waals surface area contributed by atoms with E-state index in [4.69, 9.17) is 9.47 Å². The Morgan fingerprint density at radius 1 is 0.513 bits per heavy atom. The van der Waals surface area contributed by atoms with Crippen LogP contribution in [0.15, 0.2) is 109 Å². The van der Waals surface area contributed by atoms with Crippen LogP contribution in [0.1, 0.15) is 22.3 Å². The van der Waals surface area contributed by atoms with Gasteiger partial charge in [0.1, 0.15) is 0 Å². The molecule has 0 saturated carbocycles. The first kappa shape index (κ1) is 25.7. The highest BCUT2D eigenvalue weighted by Crippen LogP contribution is 2.44. The van der Waals surface area contributed by atoms with Crippen LogP contribution in [0.2, 0.25) is 0 Å². The van der Waals surface area contributed by atoms with Gasteiger partial charge in [0.25, 0.3) is 0 Å². The molecule has 0 N–H and O–H groups in total. The van der Waals surface area contributed by atoms with E-state index in [2.05, 4.69) is 119 Å². The number of anilines is 2. The van der Waals surface area contributed by atoms with Gasteiger partial charge in [-0.05, 0) is 47.2 Å². The summed E-state index contributed by atoms with van der Waals surface area (Å²) in [4.78, 5) is 5.14. The van der Waals surface area contributed by atoms with Gasteiger partial charge in [-0.3, -0.25) is 0 Å². The number of hydrogen-bond acceptors (Lipinski definition) is 4. The molecule has 0 fully saturated rings. The maximum atomic E-state index is 6.12. The van der Waals surface area contributed by atoms with Gasteiger partial charge in [-0.2, -0.15) is 0 Å². The molecule has 4 heteroatoms. The standard InChI is InChI=1S/C35H38N2O2/c1-3-11-29(12-4-1)25-38-21-19-36-27-35(23-31-15-7-9-17-33(31)36)24-32-16-8-10-18-34(32)37(28-35)20-22-39-26-30-13-5-2-6-14-30/h1-18H,19-28H2. The normalized spacial score (nSPS) is 15.7. The quantitative estimate of drug-likeness (QED) is 0.223. The fourth-order valence-corrected chi connectivity index (χ4v) is 6.34. The van der Waals surface area contributed by atoms with E-state index in [-0.39, 0.29) is 5.41 Å². The molecule has 0 bridgehead atoms. The average molecular weight is 519 g/mol. The molecule has 4 aromatic rings. The van der Waals surface area contributed by atoms with E-state index >= 15 is 0 Å². The maximum absolute atomic E-state index is 6.12. The summed E-state index contributed by atoms with van der Waals surface area (Å²) in [6.45, 7) is 6.61. The second-order valence-electron chi connectivity index (χ2n) is 11.0. The third-order valence-electron chi connectivity index (χ3n) is 8.08. The second-order valence-corrected chi connectivity index (χ2v) is 11.0. The smallest absolute Gasteiger partial charge is 0.0717 e. The van der Waals surface area contributed by atoms with Gasteiger partial charge in [0.2, 0.25) is 0 Å². The van der Waals surface area contributed by atoms with Crippen molar-refractivity contribution in [2.45, 2.75) is 26.1 Å². The number of rotatable bonds is 10. The molecular formula is C35H38N2O2. The van der Waals surface area contributed by atoms with Crippen molar-refractivity contribution >= 4 is 11.4 Å². The number of ether oxygens (including phenoxy) is 2. The van der Waals surface area contributed by atoms with Gasteiger partial charge in [-0.15, -0.1) is 0 Å². The van der Waals surface area contributed by atoms with Crippen molar-refractivity contribution in [3.63, 3.8) is 0 Å². The highest BCUT2D eigenvalue weighted by molar-refractivity contribution is 5.61. The lowest BCUT2D eigenvalue weighted by atomic mass is 9.70. The van der Waals surface area contributed by atoms with Crippen molar-refractivity contribution in [2.75, 3.05) is 49.2 Å². The molecule has 0 unspecified atom stereocenters. The average Bonchev–Trinajstić information content (AvgIpc) is 2.98. The Morgan fingerprint density at radius 2 is 0.923 bits per heavy atom. The van der Waals surface area contributed by atoms with Crippen LogP contribution in [-0.2, 0) is 35.5 Å². The highest BCUT2D eigenvalue weighted by Gasteiger charge is 2.42. The second kappa shape index (κ2) is 12.1. The van der Waals surface area contributed by atoms with Crippen molar-refractivity contribution in [3.05, 3.63) is 131 Å². The molecule has 0 amide bonds. The lowest BCUT2D eigenvalue weighted by molar-refractivity contribution is 0.120. The van der Waals surface area contributed by atoms with E-state index in [1.54, 1.807) is 0 Å². The Hall–Kier alpha value is -3.60. The molecule has 4 nitrogen and oxygen atoms in total. The van der Waals surface area contributed by atoms with Crippen molar-refractivity contribution in [3.8, 4) is 0 Å². The van der Waals surface area contributed by atoms with Gasteiger partial charge in [0, 0.05) is 43.0 Å². The minimum absolute atomic E-state index is 0.154. The summed E-state index contributed by atoms with van der Waals surface area (Å²) in [5, 5.41) is 0. The zero-order chi connectivity index (χ0) is 26.3. The summed E-state index contributed by atoms with van der Waals surface area (Å²) in [5.41, 5.74) is 8.23. The van der Waals surface area contributed by atoms with E-state index in [1.807, 2.05) is 0 Å². The molecule has 1 spiro atoms. The van der Waals surface area contributed by atoms with Crippen LogP contribution in [0, 0.1) is 5.41 Å². The topological polar surface area (TPSA) is 24.9 Å². The number of hydrogen-bond donors (Lipinski definition) is 0. The molecule has 0 saturated heterocycles. The number of fused-ring (bicyclic) bond motifs is 2. The Labute approximate surface area is 232 Å². The Kier molecular flexibility index (Phi) is 7.94. The molecule has 2 aliphatic rings. The predicted octanol–water partition coefficient (Wildman–Crippen LogP) is 6.53. The fraction of sp³-hybridized carbons (Fsp3) is 0.314. The van der Waals surface area contributed by atoms with Gasteiger partial charge < -0.3 is 19.3 Å². The molecule has 6 rings (SSSR count). The van der Waals surface area contributed by atoms with Gasteiger partial charge in [0.05, 0.1) is 26.4 Å². The summed E-state index contributed by atoms with van der Waals surface area (Å²) >= 11 is 0. The molecule has 39 heavy (non-hydrogen) atoms. The van der Waals surface area contributed by atoms with Gasteiger partial charge in [-0.25, -0.2) is 0 Å². The Morgan fingerprint density at radius 3 is 1.38 bits per heavy atom. The fourth-order valence-electron chi connectivity index (χ4n) is 6.34. The zero-order valence-corrected chi connectivity index (χ0v) is 22.7. The van der Waals surface area contributed by atoms with Crippen LogP contribution >= 0.6 is 0 Å². The molecule has 0 radical (unpaired) electrons. The van der Waals surface area contributed by atoms with E-state index < -0.39 is 0 Å². The van der Waals surface area contributed by atoms with E-state index in [0.29, 0.717) is 26.4 Å².